The van der Waals surface area contributed by atoms with Crippen molar-refractivity contribution in [1.82, 2.24) is 14.7 Å². The molecule has 0 spiro atoms. The second-order valence-corrected chi connectivity index (χ2v) is 5.95. The summed E-state index contributed by atoms with van der Waals surface area (Å²) in [5.41, 5.74) is 0. The maximum atomic E-state index is 12.7. The Morgan fingerprint density at radius 3 is 2.57 bits per heavy atom. The van der Waals surface area contributed by atoms with Crippen molar-refractivity contribution in [3.05, 3.63) is 0 Å². The van der Waals surface area contributed by atoms with E-state index in [2.05, 4.69) is 11.9 Å². The zero-order valence-corrected chi connectivity index (χ0v) is 12.8. The van der Waals surface area contributed by atoms with Crippen LogP contribution in [-0.4, -0.2) is 90.8 Å². The Balaban J connectivity index is 1.97. The highest BCUT2D eigenvalue weighted by atomic mass is 16.5. The summed E-state index contributed by atoms with van der Waals surface area (Å²) in [4.78, 5) is 29.3. The number of likely N-dealkylation sites (tertiary alicyclic amines) is 1. The van der Waals surface area contributed by atoms with Crippen LogP contribution in [0.2, 0.25) is 0 Å². The number of amides is 2. The van der Waals surface area contributed by atoms with E-state index in [4.69, 9.17) is 9.84 Å². The van der Waals surface area contributed by atoms with E-state index in [1.807, 2.05) is 7.05 Å². The molecule has 0 aromatic rings. The van der Waals surface area contributed by atoms with Gasteiger partial charge in [-0.15, -0.1) is 0 Å². The monoisotopic (exact) mass is 299 g/mol. The molecule has 7 nitrogen and oxygen atoms in total. The number of urea groups is 1. The fraction of sp³-hybridized carbons (Fsp3) is 0.857. The topological polar surface area (TPSA) is 73.3 Å². The van der Waals surface area contributed by atoms with Crippen LogP contribution in [0.4, 0.5) is 4.79 Å². The van der Waals surface area contributed by atoms with Gasteiger partial charge >= 0.3 is 12.0 Å². The highest BCUT2D eigenvalue weighted by Gasteiger charge is 2.33. The first-order valence-electron chi connectivity index (χ1n) is 7.50. The standard InChI is InChI=1S/C14H25N3O4/c1-15-5-3-11(4-6-15)16(2)14(20)17-7-8-21-10-12(17)9-13(18)19/h11-12H,3-10H2,1-2H3,(H,18,19). The minimum Gasteiger partial charge on any atom is -0.481 e. The van der Waals surface area contributed by atoms with Crippen molar-refractivity contribution >= 4 is 12.0 Å². The van der Waals surface area contributed by atoms with Gasteiger partial charge in [-0.25, -0.2) is 4.79 Å². The summed E-state index contributed by atoms with van der Waals surface area (Å²) in [6.45, 7) is 3.23. The molecule has 2 saturated heterocycles. The molecule has 2 fully saturated rings. The molecule has 0 aromatic heterocycles. The molecule has 1 N–H and O–H groups in total. The van der Waals surface area contributed by atoms with Crippen molar-refractivity contribution in [1.29, 1.82) is 0 Å². The van der Waals surface area contributed by atoms with Crippen LogP contribution in [0.15, 0.2) is 0 Å². The maximum Gasteiger partial charge on any atom is 0.320 e. The van der Waals surface area contributed by atoms with Gasteiger partial charge in [-0.1, -0.05) is 0 Å². The SMILES string of the molecule is CN1CCC(N(C)C(=O)N2CCOCC2CC(=O)O)CC1. The Labute approximate surface area is 125 Å². The molecule has 1 unspecified atom stereocenters. The minimum atomic E-state index is -0.898. The van der Waals surface area contributed by atoms with Crippen LogP contribution in [-0.2, 0) is 9.53 Å². The fourth-order valence-electron chi connectivity index (χ4n) is 3.02. The van der Waals surface area contributed by atoms with E-state index in [1.165, 1.54) is 0 Å². The summed E-state index contributed by atoms with van der Waals surface area (Å²) in [5.74, 6) is -0.898. The van der Waals surface area contributed by atoms with Crippen molar-refractivity contribution in [2.75, 3.05) is 46.9 Å². The lowest BCUT2D eigenvalue weighted by atomic mass is 10.0. The number of carboxylic acid groups (broad SMARTS) is 1. The van der Waals surface area contributed by atoms with Crippen molar-refractivity contribution in [2.45, 2.75) is 31.3 Å². The molecule has 0 bridgehead atoms. The number of carbonyl (C=O) groups excluding carboxylic acids is 1. The smallest absolute Gasteiger partial charge is 0.320 e. The first-order valence-corrected chi connectivity index (χ1v) is 7.50. The molecule has 21 heavy (non-hydrogen) atoms. The first-order chi connectivity index (χ1) is 9.99. The average molecular weight is 299 g/mol. The number of morpholine rings is 1. The number of carbonyl (C=O) groups is 2. The predicted molar refractivity (Wildman–Crippen MR) is 77.2 cm³/mol. The molecular formula is C14H25N3O4. The molecular weight excluding hydrogens is 274 g/mol. The first kappa shape index (κ1) is 16.0. The van der Waals surface area contributed by atoms with Gasteiger partial charge in [0.1, 0.15) is 0 Å². The fourth-order valence-corrected chi connectivity index (χ4v) is 3.02. The summed E-state index contributed by atoms with van der Waals surface area (Å²) in [5, 5.41) is 8.97. The molecule has 2 amide bonds. The van der Waals surface area contributed by atoms with Gasteiger partial charge in [-0.3, -0.25) is 4.79 Å². The number of ether oxygens (including phenoxy) is 1. The molecule has 2 heterocycles. The Hall–Kier alpha value is -1.34. The normalized spacial score (nSPS) is 24.9. The van der Waals surface area contributed by atoms with Gasteiger partial charge < -0.3 is 24.5 Å². The second-order valence-electron chi connectivity index (χ2n) is 5.95. The van der Waals surface area contributed by atoms with Crippen molar-refractivity contribution in [3.63, 3.8) is 0 Å². The molecule has 0 aliphatic carbocycles. The molecule has 1 atom stereocenters. The molecule has 2 aliphatic heterocycles. The van der Waals surface area contributed by atoms with Gasteiger partial charge in [0.15, 0.2) is 0 Å². The summed E-state index contributed by atoms with van der Waals surface area (Å²) >= 11 is 0. The van der Waals surface area contributed by atoms with Crippen molar-refractivity contribution < 1.29 is 19.4 Å². The van der Waals surface area contributed by atoms with Crippen LogP contribution in [0.5, 0.6) is 0 Å². The number of piperidine rings is 1. The molecule has 0 saturated carbocycles. The van der Waals surface area contributed by atoms with Gasteiger partial charge in [-0.2, -0.15) is 0 Å². The lowest BCUT2D eigenvalue weighted by Gasteiger charge is -2.41. The van der Waals surface area contributed by atoms with Crippen LogP contribution in [0, 0.1) is 0 Å². The third-order valence-corrected chi connectivity index (χ3v) is 4.42. The summed E-state index contributed by atoms with van der Waals surface area (Å²) in [6, 6.07) is -0.196. The number of carboxylic acids is 1. The van der Waals surface area contributed by atoms with Crippen LogP contribution < -0.4 is 0 Å². The quantitative estimate of drug-likeness (QED) is 0.812. The molecule has 2 rings (SSSR count). The number of hydrogen-bond acceptors (Lipinski definition) is 4. The van der Waals surface area contributed by atoms with Crippen LogP contribution in [0.3, 0.4) is 0 Å². The molecule has 0 radical (unpaired) electrons. The van der Waals surface area contributed by atoms with Crippen molar-refractivity contribution in [2.24, 2.45) is 0 Å². The number of nitrogens with zero attached hydrogens (tertiary/aromatic N) is 3. The third-order valence-electron chi connectivity index (χ3n) is 4.42. The Bertz CT molecular complexity index is 382. The largest absolute Gasteiger partial charge is 0.481 e. The van der Waals surface area contributed by atoms with E-state index in [1.54, 1.807) is 9.80 Å². The van der Waals surface area contributed by atoms with E-state index in [-0.39, 0.29) is 24.5 Å². The summed E-state index contributed by atoms with van der Waals surface area (Å²) in [6.07, 6.45) is 1.87. The Morgan fingerprint density at radius 1 is 1.29 bits per heavy atom. The molecule has 7 heteroatoms. The highest BCUT2D eigenvalue weighted by molar-refractivity contribution is 5.76. The van der Waals surface area contributed by atoms with Gasteiger partial charge in [-0.05, 0) is 33.0 Å². The van der Waals surface area contributed by atoms with Gasteiger partial charge in [0, 0.05) is 19.6 Å². The maximum absolute atomic E-state index is 12.7. The lowest BCUT2D eigenvalue weighted by Crippen LogP contribution is -2.56. The Kier molecular flexibility index (Phi) is 5.41. The molecule has 0 aromatic carbocycles. The van der Waals surface area contributed by atoms with Crippen LogP contribution >= 0.6 is 0 Å². The minimum absolute atomic E-state index is 0.0625. The number of aliphatic carboxylic acids is 1. The molecule has 120 valence electrons. The predicted octanol–water partition coefficient (Wildman–Crippen LogP) is 0.308. The zero-order chi connectivity index (χ0) is 15.4. The van der Waals surface area contributed by atoms with E-state index in [0.717, 1.165) is 25.9 Å². The Morgan fingerprint density at radius 2 is 1.95 bits per heavy atom. The number of hydrogen-bond donors (Lipinski definition) is 1. The van der Waals surface area contributed by atoms with Crippen LogP contribution in [0.25, 0.3) is 0 Å². The van der Waals surface area contributed by atoms with E-state index in [9.17, 15) is 9.59 Å². The average Bonchev–Trinajstić information content (AvgIpc) is 2.46. The van der Waals surface area contributed by atoms with E-state index in [0.29, 0.717) is 19.8 Å². The summed E-state index contributed by atoms with van der Waals surface area (Å²) < 4.78 is 5.32. The summed E-state index contributed by atoms with van der Waals surface area (Å²) in [7, 11) is 3.91. The highest BCUT2D eigenvalue weighted by Crippen LogP contribution is 2.19. The zero-order valence-electron chi connectivity index (χ0n) is 12.8. The van der Waals surface area contributed by atoms with Gasteiger partial charge in [0.25, 0.3) is 0 Å². The molecule has 2 aliphatic rings. The van der Waals surface area contributed by atoms with E-state index >= 15 is 0 Å². The van der Waals surface area contributed by atoms with E-state index < -0.39 is 5.97 Å². The van der Waals surface area contributed by atoms with Crippen LogP contribution in [0.1, 0.15) is 19.3 Å². The number of rotatable bonds is 3. The van der Waals surface area contributed by atoms with Gasteiger partial charge in [0.2, 0.25) is 0 Å². The van der Waals surface area contributed by atoms with Gasteiger partial charge in [0.05, 0.1) is 25.7 Å². The second kappa shape index (κ2) is 7.09. The lowest BCUT2D eigenvalue weighted by molar-refractivity contribution is -0.139. The van der Waals surface area contributed by atoms with Crippen molar-refractivity contribution in [3.8, 4) is 0 Å². The third kappa shape index (κ3) is 4.07.